The first-order valence-electron chi connectivity index (χ1n) is 8.84. The van der Waals surface area contributed by atoms with E-state index >= 15 is 0 Å². The third kappa shape index (κ3) is 4.04. The molecule has 0 spiro atoms. The highest BCUT2D eigenvalue weighted by Gasteiger charge is 2.41. The number of ether oxygens (including phenoxy) is 2. The van der Waals surface area contributed by atoms with Crippen LogP contribution in [0.15, 0.2) is 22.3 Å². The Bertz CT molecular complexity index is 709. The van der Waals surface area contributed by atoms with E-state index in [1.807, 2.05) is 0 Å². The maximum Gasteiger partial charge on any atom is 0.344 e. The van der Waals surface area contributed by atoms with Crippen molar-refractivity contribution in [3.8, 4) is 0 Å². The molecule has 0 aromatic heterocycles. The smallest absolute Gasteiger partial charge is 0.344 e. The van der Waals surface area contributed by atoms with Crippen LogP contribution >= 0.6 is 0 Å². The molecule has 27 heavy (non-hydrogen) atoms. The van der Waals surface area contributed by atoms with E-state index in [4.69, 9.17) is 9.47 Å². The number of esters is 2. The van der Waals surface area contributed by atoms with Crippen molar-refractivity contribution in [1.29, 1.82) is 0 Å². The van der Waals surface area contributed by atoms with Gasteiger partial charge < -0.3 is 20.1 Å². The average molecular weight is 378 g/mol. The molecule has 2 amide bonds. The number of hydrogen-bond donors (Lipinski definition) is 2. The van der Waals surface area contributed by atoms with E-state index in [2.05, 4.69) is 10.6 Å². The highest BCUT2D eigenvalue weighted by Crippen LogP contribution is 2.32. The van der Waals surface area contributed by atoms with Gasteiger partial charge >= 0.3 is 11.9 Å². The molecule has 2 aliphatic heterocycles. The first-order chi connectivity index (χ1) is 12.4. The van der Waals surface area contributed by atoms with E-state index < -0.39 is 35.0 Å². The number of rotatable bonds is 6. The van der Waals surface area contributed by atoms with Crippen molar-refractivity contribution in [3.05, 3.63) is 22.3 Å². The van der Waals surface area contributed by atoms with Crippen LogP contribution in [0.5, 0.6) is 0 Å². The lowest BCUT2D eigenvalue weighted by Gasteiger charge is -2.17. The Hall–Kier alpha value is -2.64. The third-order valence-electron chi connectivity index (χ3n) is 5.04. The number of amides is 2. The zero-order valence-corrected chi connectivity index (χ0v) is 16.6. The molecule has 0 bridgehead atoms. The van der Waals surface area contributed by atoms with Crippen molar-refractivity contribution >= 4 is 23.8 Å². The van der Waals surface area contributed by atoms with Gasteiger partial charge in [0.25, 0.3) is 11.8 Å². The summed E-state index contributed by atoms with van der Waals surface area (Å²) in [4.78, 5) is 48.1. The first kappa shape index (κ1) is 20.7. The molecule has 2 aliphatic rings. The lowest BCUT2D eigenvalue weighted by molar-refractivity contribution is -0.146. The van der Waals surface area contributed by atoms with Gasteiger partial charge in [0.05, 0.1) is 0 Å². The number of nitrogens with one attached hydrogen (secondary N) is 2. The van der Waals surface area contributed by atoms with Crippen molar-refractivity contribution < 1.29 is 28.7 Å². The van der Waals surface area contributed by atoms with Crippen LogP contribution in [0.3, 0.4) is 0 Å². The molecule has 0 aromatic carbocycles. The van der Waals surface area contributed by atoms with Crippen molar-refractivity contribution in [3.63, 3.8) is 0 Å². The van der Waals surface area contributed by atoms with Gasteiger partial charge in [-0.1, -0.05) is 0 Å². The minimum absolute atomic E-state index is 0.0285. The second-order valence-corrected chi connectivity index (χ2v) is 7.67. The van der Waals surface area contributed by atoms with Crippen LogP contribution in [-0.2, 0) is 28.7 Å². The molecule has 8 heteroatoms. The van der Waals surface area contributed by atoms with Crippen LogP contribution in [0.1, 0.15) is 48.0 Å². The van der Waals surface area contributed by atoms with Gasteiger partial charge in [-0.25, -0.2) is 9.59 Å². The van der Waals surface area contributed by atoms with E-state index in [1.165, 1.54) is 0 Å². The molecule has 0 fully saturated rings. The van der Waals surface area contributed by atoms with Crippen molar-refractivity contribution in [2.75, 3.05) is 13.1 Å². The van der Waals surface area contributed by atoms with Crippen LogP contribution in [0.25, 0.3) is 0 Å². The number of carbonyl (C=O) groups excluding carboxylic acids is 4. The Morgan fingerprint density at radius 2 is 1.11 bits per heavy atom. The molecule has 0 aliphatic carbocycles. The summed E-state index contributed by atoms with van der Waals surface area (Å²) in [6.45, 7) is 10.8. The van der Waals surface area contributed by atoms with E-state index in [0.717, 1.165) is 0 Å². The summed E-state index contributed by atoms with van der Waals surface area (Å²) in [5.41, 5.74) is -0.340. The summed E-state index contributed by atoms with van der Waals surface area (Å²) in [5.74, 6) is -2.25. The SMILES string of the molecule is CC1=C(C(=O)NCCCNC(=O)C2=C(C)C(C)(C)OC2=O)C(=O)OC1(C)C. The van der Waals surface area contributed by atoms with Gasteiger partial charge in [-0.15, -0.1) is 0 Å². The van der Waals surface area contributed by atoms with E-state index in [0.29, 0.717) is 17.6 Å². The third-order valence-corrected chi connectivity index (χ3v) is 5.04. The maximum absolute atomic E-state index is 12.2. The molecule has 2 heterocycles. The van der Waals surface area contributed by atoms with Gasteiger partial charge in [0.2, 0.25) is 0 Å². The molecule has 148 valence electrons. The lowest BCUT2D eigenvalue weighted by atomic mass is 9.97. The van der Waals surface area contributed by atoms with Gasteiger partial charge in [0, 0.05) is 13.1 Å². The first-order valence-corrected chi connectivity index (χ1v) is 8.84. The molecular formula is C19H26N2O6. The minimum atomic E-state index is -0.785. The molecule has 0 aromatic rings. The summed E-state index contributed by atoms with van der Waals surface area (Å²) in [5, 5.41) is 5.29. The van der Waals surface area contributed by atoms with Crippen LogP contribution in [0.2, 0.25) is 0 Å². The summed E-state index contributed by atoms with van der Waals surface area (Å²) >= 11 is 0. The topological polar surface area (TPSA) is 111 Å². The largest absolute Gasteiger partial charge is 0.451 e. The second kappa shape index (κ2) is 7.17. The Balaban J connectivity index is 1.82. The standard InChI is InChI=1S/C19H26N2O6/c1-10-12(16(24)26-18(10,3)4)14(22)20-8-7-9-21-15(23)13-11(2)19(5,6)27-17(13)25/h7-9H2,1-6H3,(H,20,22)(H,21,23). The summed E-state index contributed by atoms with van der Waals surface area (Å²) < 4.78 is 10.3. The van der Waals surface area contributed by atoms with Gasteiger partial charge in [-0.3, -0.25) is 9.59 Å². The van der Waals surface area contributed by atoms with Gasteiger partial charge in [-0.2, -0.15) is 0 Å². The average Bonchev–Trinajstić information content (AvgIpc) is 2.86. The van der Waals surface area contributed by atoms with Crippen molar-refractivity contribution in [1.82, 2.24) is 10.6 Å². The molecular weight excluding hydrogens is 352 g/mol. The number of hydrogen-bond acceptors (Lipinski definition) is 6. The van der Waals surface area contributed by atoms with Gasteiger partial charge in [0.1, 0.15) is 22.3 Å². The fraction of sp³-hybridized carbons (Fsp3) is 0.579. The predicted octanol–water partition coefficient (Wildman–Crippen LogP) is 0.913. The predicted molar refractivity (Wildman–Crippen MR) is 96.4 cm³/mol. The Kier molecular flexibility index (Phi) is 5.49. The van der Waals surface area contributed by atoms with Crippen LogP contribution < -0.4 is 10.6 Å². The normalized spacial score (nSPS) is 20.5. The lowest BCUT2D eigenvalue weighted by Crippen LogP contribution is -2.33. The molecule has 8 nitrogen and oxygen atoms in total. The summed E-state index contributed by atoms with van der Waals surface area (Å²) in [6.07, 6.45) is 0.438. The summed E-state index contributed by atoms with van der Waals surface area (Å²) in [6, 6.07) is 0. The van der Waals surface area contributed by atoms with Crippen LogP contribution in [0.4, 0.5) is 0 Å². The second-order valence-electron chi connectivity index (χ2n) is 7.67. The molecule has 2 rings (SSSR count). The molecule has 0 saturated heterocycles. The number of cyclic esters (lactones) is 2. The highest BCUT2D eigenvalue weighted by molar-refractivity contribution is 6.19. The van der Waals surface area contributed by atoms with E-state index in [-0.39, 0.29) is 24.2 Å². The highest BCUT2D eigenvalue weighted by atomic mass is 16.6. The van der Waals surface area contributed by atoms with Crippen molar-refractivity contribution in [2.45, 2.75) is 59.2 Å². The quantitative estimate of drug-likeness (QED) is 0.404. The Morgan fingerprint density at radius 1 is 0.778 bits per heavy atom. The molecule has 0 unspecified atom stereocenters. The zero-order valence-electron chi connectivity index (χ0n) is 16.6. The van der Waals surface area contributed by atoms with Crippen molar-refractivity contribution in [2.24, 2.45) is 0 Å². The van der Waals surface area contributed by atoms with Gasteiger partial charge in [-0.05, 0) is 59.1 Å². The van der Waals surface area contributed by atoms with E-state index in [1.54, 1.807) is 41.5 Å². The molecule has 0 atom stereocenters. The number of carbonyl (C=O) groups is 4. The molecule has 2 N–H and O–H groups in total. The summed E-state index contributed by atoms with van der Waals surface area (Å²) in [7, 11) is 0. The van der Waals surface area contributed by atoms with Crippen LogP contribution in [0, 0.1) is 0 Å². The Morgan fingerprint density at radius 3 is 1.37 bits per heavy atom. The zero-order chi connectivity index (χ0) is 20.6. The van der Waals surface area contributed by atoms with E-state index in [9.17, 15) is 19.2 Å². The van der Waals surface area contributed by atoms with Crippen LogP contribution in [-0.4, -0.2) is 48.0 Å². The molecule has 0 saturated carbocycles. The minimum Gasteiger partial charge on any atom is -0.451 e. The fourth-order valence-electron chi connectivity index (χ4n) is 2.82. The monoisotopic (exact) mass is 378 g/mol. The fourth-order valence-corrected chi connectivity index (χ4v) is 2.82. The Labute approximate surface area is 158 Å². The maximum atomic E-state index is 12.2. The molecule has 0 radical (unpaired) electrons. The van der Waals surface area contributed by atoms with Gasteiger partial charge in [0.15, 0.2) is 0 Å².